The molecular formula is C19H18N2O5. The molecule has 26 heavy (non-hydrogen) atoms. The quantitative estimate of drug-likeness (QED) is 0.695. The molecule has 1 aromatic carbocycles. The molecule has 0 aliphatic rings. The maximum Gasteiger partial charge on any atom is 0.349 e. The average Bonchev–Trinajstić information content (AvgIpc) is 2.61. The van der Waals surface area contributed by atoms with Crippen molar-refractivity contribution in [2.75, 3.05) is 6.54 Å². The largest absolute Gasteiger partial charge is 0.503 e. The molecule has 0 bridgehead atoms. The number of aromatic hydroxyl groups is 1. The van der Waals surface area contributed by atoms with Crippen LogP contribution in [0.25, 0.3) is 11.0 Å². The summed E-state index contributed by atoms with van der Waals surface area (Å²) in [6, 6.07) is 8.16. The maximum atomic E-state index is 12.3. The van der Waals surface area contributed by atoms with Crippen LogP contribution in [-0.2, 0) is 6.54 Å². The summed E-state index contributed by atoms with van der Waals surface area (Å²) in [4.78, 5) is 35.7. The summed E-state index contributed by atoms with van der Waals surface area (Å²) in [6.07, 6.45) is 1.54. The highest BCUT2D eigenvalue weighted by Crippen LogP contribution is 2.15. The zero-order chi connectivity index (χ0) is 18.8. The minimum absolute atomic E-state index is 0.0687. The summed E-state index contributed by atoms with van der Waals surface area (Å²) >= 11 is 0. The number of carbonyl (C=O) groups excluding carboxylic acids is 1. The minimum Gasteiger partial charge on any atom is -0.503 e. The highest BCUT2D eigenvalue weighted by atomic mass is 16.4. The zero-order valence-corrected chi connectivity index (χ0v) is 14.4. The van der Waals surface area contributed by atoms with E-state index in [0.29, 0.717) is 23.2 Å². The fraction of sp³-hybridized carbons (Fsp3) is 0.211. The van der Waals surface area contributed by atoms with Crippen LogP contribution in [0.15, 0.2) is 50.5 Å². The van der Waals surface area contributed by atoms with Crippen LogP contribution in [0.3, 0.4) is 0 Å². The van der Waals surface area contributed by atoms with Crippen LogP contribution in [0.2, 0.25) is 0 Å². The summed E-state index contributed by atoms with van der Waals surface area (Å²) in [5.41, 5.74) is 0.584. The van der Waals surface area contributed by atoms with E-state index in [0.717, 1.165) is 5.56 Å². The van der Waals surface area contributed by atoms with Crippen LogP contribution in [0.1, 0.15) is 21.6 Å². The molecule has 2 heterocycles. The van der Waals surface area contributed by atoms with Gasteiger partial charge in [0.05, 0.1) is 5.69 Å². The Morgan fingerprint density at radius 3 is 2.73 bits per heavy atom. The molecule has 0 aliphatic carbocycles. The molecule has 7 nitrogen and oxygen atoms in total. The number of nitrogens with one attached hydrogen (secondary N) is 1. The number of nitrogens with zero attached hydrogens (tertiary/aromatic N) is 1. The first-order chi connectivity index (χ1) is 12.4. The van der Waals surface area contributed by atoms with Gasteiger partial charge in [0.1, 0.15) is 11.1 Å². The number of fused-ring (bicyclic) bond motifs is 1. The molecule has 0 unspecified atom stereocenters. The van der Waals surface area contributed by atoms with Gasteiger partial charge >= 0.3 is 5.63 Å². The van der Waals surface area contributed by atoms with E-state index in [1.807, 2.05) is 13.0 Å². The van der Waals surface area contributed by atoms with E-state index in [1.54, 1.807) is 23.6 Å². The predicted molar refractivity (Wildman–Crippen MR) is 96.7 cm³/mol. The molecule has 0 saturated carbocycles. The molecule has 2 aromatic heterocycles. The van der Waals surface area contributed by atoms with Crippen LogP contribution < -0.4 is 16.4 Å². The first kappa shape index (κ1) is 17.5. The van der Waals surface area contributed by atoms with Crippen molar-refractivity contribution < 1.29 is 14.3 Å². The van der Waals surface area contributed by atoms with Gasteiger partial charge in [-0.25, -0.2) is 4.79 Å². The lowest BCUT2D eigenvalue weighted by Crippen LogP contribution is -2.31. The van der Waals surface area contributed by atoms with Gasteiger partial charge in [-0.2, -0.15) is 0 Å². The molecule has 0 fully saturated rings. The summed E-state index contributed by atoms with van der Waals surface area (Å²) in [7, 11) is 0. The average molecular weight is 354 g/mol. The summed E-state index contributed by atoms with van der Waals surface area (Å²) in [5.74, 6) is -0.853. The Morgan fingerprint density at radius 1 is 1.19 bits per heavy atom. The van der Waals surface area contributed by atoms with Crippen molar-refractivity contribution in [3.05, 3.63) is 74.0 Å². The number of amides is 1. The smallest absolute Gasteiger partial charge is 0.349 e. The van der Waals surface area contributed by atoms with Crippen molar-refractivity contribution in [1.82, 2.24) is 9.88 Å². The van der Waals surface area contributed by atoms with Crippen molar-refractivity contribution in [3.8, 4) is 5.75 Å². The second-order valence-corrected chi connectivity index (χ2v) is 6.05. The first-order valence-electron chi connectivity index (χ1n) is 8.08. The number of pyridine rings is 1. The number of hydrogen-bond donors (Lipinski definition) is 2. The molecule has 2 N–H and O–H groups in total. The summed E-state index contributed by atoms with van der Waals surface area (Å²) in [6.45, 7) is 4.05. The predicted octanol–water partition coefficient (Wildman–Crippen LogP) is 1.71. The topological polar surface area (TPSA) is 102 Å². The third kappa shape index (κ3) is 3.37. The highest BCUT2D eigenvalue weighted by molar-refractivity contribution is 5.96. The standard InChI is InChI=1S/C19H18N2O5/c1-11-3-4-13-10-14(19(25)26-16(13)9-11)18(24)20-6-8-21-7-5-15(22)17(23)12(21)2/h3-5,7,9-10,23H,6,8H2,1-2H3,(H,20,24). The van der Waals surface area contributed by atoms with E-state index < -0.39 is 17.0 Å². The maximum absolute atomic E-state index is 12.3. The number of aromatic nitrogens is 1. The van der Waals surface area contributed by atoms with Gasteiger partial charge in [-0.05, 0) is 31.5 Å². The molecule has 0 aliphatic heterocycles. The third-order valence-corrected chi connectivity index (χ3v) is 4.19. The van der Waals surface area contributed by atoms with Crippen molar-refractivity contribution in [2.24, 2.45) is 0 Å². The van der Waals surface area contributed by atoms with Crippen LogP contribution in [0, 0.1) is 13.8 Å². The van der Waals surface area contributed by atoms with Crippen molar-refractivity contribution in [2.45, 2.75) is 20.4 Å². The SMILES string of the molecule is Cc1ccc2cc(C(=O)NCCn3ccc(=O)c(O)c3C)c(=O)oc2c1. The molecule has 134 valence electrons. The monoisotopic (exact) mass is 354 g/mol. The molecule has 0 spiro atoms. The van der Waals surface area contributed by atoms with Crippen molar-refractivity contribution >= 4 is 16.9 Å². The fourth-order valence-corrected chi connectivity index (χ4v) is 2.67. The van der Waals surface area contributed by atoms with Crippen molar-refractivity contribution in [1.29, 1.82) is 0 Å². The summed E-state index contributed by atoms with van der Waals surface area (Å²) in [5, 5.41) is 13.0. The number of aryl methyl sites for hydroxylation is 1. The van der Waals surface area contributed by atoms with Gasteiger partial charge in [-0.15, -0.1) is 0 Å². The van der Waals surface area contributed by atoms with Crippen LogP contribution in [-0.4, -0.2) is 22.1 Å². The van der Waals surface area contributed by atoms with Crippen LogP contribution in [0.4, 0.5) is 0 Å². The summed E-state index contributed by atoms with van der Waals surface area (Å²) < 4.78 is 6.86. The van der Waals surface area contributed by atoms with E-state index in [2.05, 4.69) is 5.32 Å². The van der Waals surface area contributed by atoms with E-state index in [1.165, 1.54) is 18.3 Å². The molecule has 7 heteroatoms. The fourth-order valence-electron chi connectivity index (χ4n) is 2.67. The minimum atomic E-state index is -0.696. The Balaban J connectivity index is 1.75. The highest BCUT2D eigenvalue weighted by Gasteiger charge is 2.13. The van der Waals surface area contributed by atoms with Gasteiger partial charge in [-0.1, -0.05) is 12.1 Å². The van der Waals surface area contributed by atoms with E-state index in [4.69, 9.17) is 4.42 Å². The Labute approximate surface area is 148 Å². The van der Waals surface area contributed by atoms with E-state index in [-0.39, 0.29) is 17.9 Å². The van der Waals surface area contributed by atoms with Crippen molar-refractivity contribution in [3.63, 3.8) is 0 Å². The Kier molecular flexibility index (Phi) is 4.62. The molecule has 0 atom stereocenters. The number of carbonyl (C=O) groups is 1. The Hall–Kier alpha value is -3.35. The molecule has 1 amide bonds. The lowest BCUT2D eigenvalue weighted by Gasteiger charge is -2.12. The lowest BCUT2D eigenvalue weighted by molar-refractivity contribution is 0.0948. The number of benzene rings is 1. The second-order valence-electron chi connectivity index (χ2n) is 6.05. The Bertz CT molecular complexity index is 1110. The molecular weight excluding hydrogens is 336 g/mol. The van der Waals surface area contributed by atoms with Gasteiger partial charge in [0.15, 0.2) is 5.75 Å². The molecule has 3 aromatic rings. The van der Waals surface area contributed by atoms with Gasteiger partial charge in [-0.3, -0.25) is 9.59 Å². The zero-order valence-electron chi connectivity index (χ0n) is 14.4. The van der Waals surface area contributed by atoms with Gasteiger partial charge in [0, 0.05) is 30.7 Å². The number of rotatable bonds is 4. The van der Waals surface area contributed by atoms with Gasteiger partial charge in [0.2, 0.25) is 5.43 Å². The lowest BCUT2D eigenvalue weighted by atomic mass is 10.1. The first-order valence-corrected chi connectivity index (χ1v) is 8.08. The molecule has 0 radical (unpaired) electrons. The second kappa shape index (κ2) is 6.87. The van der Waals surface area contributed by atoms with Gasteiger partial charge < -0.3 is 19.4 Å². The normalized spacial score (nSPS) is 10.8. The van der Waals surface area contributed by atoms with Crippen LogP contribution in [0.5, 0.6) is 5.75 Å². The van der Waals surface area contributed by atoms with Gasteiger partial charge in [0.25, 0.3) is 5.91 Å². The van der Waals surface area contributed by atoms with E-state index >= 15 is 0 Å². The van der Waals surface area contributed by atoms with E-state index in [9.17, 15) is 19.5 Å². The molecule has 0 saturated heterocycles. The van der Waals surface area contributed by atoms with Crippen LogP contribution >= 0.6 is 0 Å². The number of hydrogen-bond acceptors (Lipinski definition) is 5. The third-order valence-electron chi connectivity index (χ3n) is 4.19. The Morgan fingerprint density at radius 2 is 1.96 bits per heavy atom. The molecule has 3 rings (SSSR count).